The Morgan fingerprint density at radius 3 is 2.29 bits per heavy atom. The fourth-order valence-corrected chi connectivity index (χ4v) is 6.14. The van der Waals surface area contributed by atoms with E-state index in [2.05, 4.69) is 14.0 Å². The molecule has 5 nitrogen and oxygen atoms in total. The van der Waals surface area contributed by atoms with E-state index in [0.717, 1.165) is 22.9 Å². The number of ether oxygens (including phenoxy) is 2. The summed E-state index contributed by atoms with van der Waals surface area (Å²) in [5, 5.41) is 9.79. The number of benzene rings is 1. The van der Waals surface area contributed by atoms with Gasteiger partial charge in [-0.1, -0.05) is 69.4 Å². The van der Waals surface area contributed by atoms with Crippen LogP contribution in [0.4, 0.5) is 0 Å². The normalized spacial score (nSPS) is 34.2. The van der Waals surface area contributed by atoms with Gasteiger partial charge in [-0.2, -0.15) is 0 Å². The lowest BCUT2D eigenvalue weighted by atomic mass is 9.94. The standard InChI is InChI=1S/C26H40NO4/c1-3-4-5-6-7-8-12-15-27(2)22-16-20(17-23(27)25-24(22)31-25)30-26(29)21(18-28)19-13-10-9-11-14-19/h9-11,13-14,20-25,28H,3-8,12,15-18H2,1-2H3/q+1/t20?,21-,22-,23+,24?,25?,27?/m1/s1. The van der Waals surface area contributed by atoms with E-state index < -0.39 is 5.92 Å². The molecule has 4 rings (SSSR count). The number of fused-ring (bicyclic) bond motifs is 5. The fraction of sp³-hybridized carbons (Fsp3) is 0.731. The van der Waals surface area contributed by atoms with Crippen LogP contribution in [0.25, 0.3) is 0 Å². The number of esters is 1. The molecule has 0 saturated carbocycles. The number of carbonyl (C=O) groups excluding carboxylic acids is 1. The number of likely N-dealkylation sites (N-methyl/N-ethyl adjacent to an activating group) is 1. The molecule has 0 aromatic heterocycles. The van der Waals surface area contributed by atoms with Crippen molar-refractivity contribution < 1.29 is 23.9 Å². The first-order valence-corrected chi connectivity index (χ1v) is 12.4. The van der Waals surface area contributed by atoms with Crippen molar-refractivity contribution in [2.45, 2.75) is 101 Å². The Labute approximate surface area is 187 Å². The van der Waals surface area contributed by atoms with Gasteiger partial charge in [0, 0.05) is 12.8 Å². The molecule has 3 aliphatic heterocycles. The second-order valence-electron chi connectivity index (χ2n) is 10.1. The summed E-state index contributed by atoms with van der Waals surface area (Å²) in [4.78, 5) is 12.8. The first kappa shape index (κ1) is 22.8. The lowest BCUT2D eigenvalue weighted by Gasteiger charge is -2.48. The van der Waals surface area contributed by atoms with Crippen molar-refractivity contribution in [1.29, 1.82) is 0 Å². The van der Waals surface area contributed by atoms with Crippen molar-refractivity contribution >= 4 is 5.97 Å². The molecule has 7 atom stereocenters. The highest BCUT2D eigenvalue weighted by Crippen LogP contribution is 2.53. The van der Waals surface area contributed by atoms with Gasteiger partial charge in [0.15, 0.2) is 0 Å². The van der Waals surface area contributed by atoms with Gasteiger partial charge in [-0.3, -0.25) is 4.79 Å². The summed E-state index contributed by atoms with van der Waals surface area (Å²) < 4.78 is 13.0. The predicted octanol–water partition coefficient (Wildman–Crippen LogP) is 4.18. The highest BCUT2D eigenvalue weighted by atomic mass is 16.6. The zero-order chi connectivity index (χ0) is 21.8. The van der Waals surface area contributed by atoms with Crippen molar-refractivity contribution in [2.75, 3.05) is 20.2 Å². The summed E-state index contributed by atoms with van der Waals surface area (Å²) in [5.74, 6) is -0.893. The zero-order valence-electron chi connectivity index (χ0n) is 19.2. The molecule has 1 aromatic rings. The molecule has 0 spiro atoms. The number of aliphatic hydroxyl groups is 1. The minimum atomic E-state index is -0.597. The summed E-state index contributed by atoms with van der Waals surface area (Å²) in [6, 6.07) is 10.3. The van der Waals surface area contributed by atoms with Crippen LogP contribution in [0.2, 0.25) is 0 Å². The van der Waals surface area contributed by atoms with E-state index in [-0.39, 0.29) is 18.7 Å². The van der Waals surface area contributed by atoms with Crippen LogP contribution in [0.1, 0.15) is 76.2 Å². The minimum Gasteiger partial charge on any atom is -0.461 e. The van der Waals surface area contributed by atoms with Gasteiger partial charge < -0.3 is 19.1 Å². The van der Waals surface area contributed by atoms with E-state index >= 15 is 0 Å². The number of morpholine rings is 1. The number of aliphatic hydroxyl groups excluding tert-OH is 1. The van der Waals surface area contributed by atoms with Crippen LogP contribution in [-0.2, 0) is 14.3 Å². The van der Waals surface area contributed by atoms with Crippen LogP contribution in [0, 0.1) is 0 Å². The van der Waals surface area contributed by atoms with E-state index in [9.17, 15) is 9.90 Å². The van der Waals surface area contributed by atoms with Crippen molar-refractivity contribution in [2.24, 2.45) is 0 Å². The molecule has 172 valence electrons. The maximum atomic E-state index is 12.8. The first-order valence-electron chi connectivity index (χ1n) is 12.4. The molecular formula is C26H40NO4+. The molecule has 5 heteroatoms. The van der Waals surface area contributed by atoms with Crippen LogP contribution >= 0.6 is 0 Å². The molecule has 0 amide bonds. The summed E-state index contributed by atoms with van der Waals surface area (Å²) in [5.41, 5.74) is 0.819. The van der Waals surface area contributed by atoms with Gasteiger partial charge in [0.25, 0.3) is 0 Å². The van der Waals surface area contributed by atoms with Gasteiger partial charge in [0.1, 0.15) is 36.3 Å². The SMILES string of the molecule is CCCCCCCCC[N+]1(C)[C@@H]2CC(OC(=O)[C@H](CO)c3ccccc3)C[C@H]1C1OC12. The Morgan fingerprint density at radius 2 is 1.68 bits per heavy atom. The predicted molar refractivity (Wildman–Crippen MR) is 121 cm³/mol. The second-order valence-corrected chi connectivity index (χ2v) is 10.1. The molecule has 31 heavy (non-hydrogen) atoms. The third kappa shape index (κ3) is 4.84. The fourth-order valence-electron chi connectivity index (χ4n) is 6.14. The Hall–Kier alpha value is -1.43. The van der Waals surface area contributed by atoms with Crippen molar-refractivity contribution in [3.63, 3.8) is 0 Å². The number of unbranched alkanes of at least 4 members (excludes halogenated alkanes) is 6. The third-order valence-corrected chi connectivity index (χ3v) is 8.04. The Morgan fingerprint density at radius 1 is 1.06 bits per heavy atom. The number of rotatable bonds is 12. The van der Waals surface area contributed by atoms with E-state index in [1.54, 1.807) is 0 Å². The summed E-state index contributed by atoms with van der Waals surface area (Å²) in [6.07, 6.45) is 11.8. The summed E-state index contributed by atoms with van der Waals surface area (Å²) >= 11 is 0. The van der Waals surface area contributed by atoms with Crippen molar-refractivity contribution in [3.8, 4) is 0 Å². The van der Waals surface area contributed by atoms with Crippen molar-refractivity contribution in [1.82, 2.24) is 0 Å². The van der Waals surface area contributed by atoms with E-state index in [0.29, 0.717) is 24.3 Å². The van der Waals surface area contributed by atoms with Crippen LogP contribution < -0.4 is 0 Å². The Bertz CT molecular complexity index is 705. The van der Waals surface area contributed by atoms with E-state index in [1.165, 1.54) is 51.5 Å². The quantitative estimate of drug-likeness (QED) is 0.234. The largest absolute Gasteiger partial charge is 0.461 e. The maximum Gasteiger partial charge on any atom is 0.316 e. The lowest BCUT2D eigenvalue weighted by Crippen LogP contribution is -2.62. The molecule has 1 aromatic carbocycles. The second kappa shape index (κ2) is 10.0. The summed E-state index contributed by atoms with van der Waals surface area (Å²) in [6.45, 7) is 3.26. The van der Waals surface area contributed by atoms with Crippen LogP contribution in [0.5, 0.6) is 0 Å². The van der Waals surface area contributed by atoms with Crippen LogP contribution in [-0.4, -0.2) is 66.2 Å². The topological polar surface area (TPSA) is 59.1 Å². The van der Waals surface area contributed by atoms with Gasteiger partial charge in [-0.05, 0) is 18.4 Å². The average molecular weight is 431 g/mol. The number of nitrogens with zero attached hydrogens (tertiary/aromatic N) is 1. The highest BCUT2D eigenvalue weighted by molar-refractivity contribution is 5.78. The van der Waals surface area contributed by atoms with Crippen LogP contribution in [0.3, 0.4) is 0 Å². The minimum absolute atomic E-state index is 0.0584. The highest BCUT2D eigenvalue weighted by Gasteiger charge is 2.71. The van der Waals surface area contributed by atoms with E-state index in [1.807, 2.05) is 30.3 Å². The number of hydrogen-bond acceptors (Lipinski definition) is 4. The Kier molecular flexibility index (Phi) is 7.35. The molecule has 0 radical (unpaired) electrons. The van der Waals surface area contributed by atoms with Gasteiger partial charge in [-0.25, -0.2) is 0 Å². The Balaban J connectivity index is 1.29. The molecule has 4 unspecified atom stereocenters. The van der Waals surface area contributed by atoms with Gasteiger partial charge in [-0.15, -0.1) is 0 Å². The molecule has 0 aliphatic carbocycles. The molecule has 3 aliphatic rings. The number of epoxide rings is 1. The molecule has 3 heterocycles. The van der Waals surface area contributed by atoms with E-state index in [4.69, 9.17) is 9.47 Å². The average Bonchev–Trinajstić information content (AvgIpc) is 3.53. The monoisotopic (exact) mass is 430 g/mol. The zero-order valence-corrected chi connectivity index (χ0v) is 19.2. The lowest BCUT2D eigenvalue weighted by molar-refractivity contribution is -0.956. The van der Waals surface area contributed by atoms with Gasteiger partial charge in [0.2, 0.25) is 0 Å². The number of hydrogen-bond donors (Lipinski definition) is 1. The molecule has 1 N–H and O–H groups in total. The molecule has 2 bridgehead atoms. The maximum absolute atomic E-state index is 12.8. The number of piperidine rings is 1. The van der Waals surface area contributed by atoms with Gasteiger partial charge >= 0.3 is 5.97 Å². The molecular weight excluding hydrogens is 390 g/mol. The number of carbonyl (C=O) groups is 1. The first-order chi connectivity index (χ1) is 15.1. The smallest absolute Gasteiger partial charge is 0.316 e. The third-order valence-electron chi connectivity index (χ3n) is 8.04. The van der Waals surface area contributed by atoms with Gasteiger partial charge in [0.05, 0.1) is 20.2 Å². The summed E-state index contributed by atoms with van der Waals surface area (Å²) in [7, 11) is 2.40. The number of quaternary nitrogens is 1. The van der Waals surface area contributed by atoms with Crippen molar-refractivity contribution in [3.05, 3.63) is 35.9 Å². The molecule has 3 saturated heterocycles. The molecule has 3 fully saturated rings. The van der Waals surface area contributed by atoms with Crippen LogP contribution in [0.15, 0.2) is 30.3 Å².